The van der Waals surface area contributed by atoms with Crippen LogP contribution in [0.5, 0.6) is 0 Å². The molecule has 0 saturated heterocycles. The summed E-state index contributed by atoms with van der Waals surface area (Å²) in [5.74, 6) is 1.86. The minimum absolute atomic E-state index is 0.0141. The summed E-state index contributed by atoms with van der Waals surface area (Å²) in [4.78, 5) is 12.0. The molecular formula is C16H20ClN5OS. The van der Waals surface area contributed by atoms with E-state index in [2.05, 4.69) is 20.8 Å². The van der Waals surface area contributed by atoms with Gasteiger partial charge in [-0.1, -0.05) is 42.6 Å². The van der Waals surface area contributed by atoms with Crippen LogP contribution in [-0.4, -0.2) is 31.9 Å². The van der Waals surface area contributed by atoms with Crippen molar-refractivity contribution in [1.82, 2.24) is 25.5 Å². The highest BCUT2D eigenvalue weighted by molar-refractivity contribution is 7.99. The summed E-state index contributed by atoms with van der Waals surface area (Å²) >= 11 is 7.60. The number of carbonyl (C=O) groups is 1. The number of rotatable bonds is 7. The van der Waals surface area contributed by atoms with Crippen LogP contribution in [0.3, 0.4) is 0 Å². The Balaban J connectivity index is 1.42. The van der Waals surface area contributed by atoms with Gasteiger partial charge in [-0.05, 0) is 34.9 Å². The van der Waals surface area contributed by atoms with Gasteiger partial charge in [0, 0.05) is 11.6 Å². The fraction of sp³-hybridized carbons (Fsp3) is 0.500. The lowest BCUT2D eigenvalue weighted by Crippen LogP contribution is -2.24. The zero-order valence-electron chi connectivity index (χ0n) is 13.3. The van der Waals surface area contributed by atoms with Gasteiger partial charge in [-0.3, -0.25) is 4.79 Å². The number of aromatic nitrogens is 4. The van der Waals surface area contributed by atoms with Crippen molar-refractivity contribution < 1.29 is 4.79 Å². The summed E-state index contributed by atoms with van der Waals surface area (Å²) < 4.78 is 1.93. The third kappa shape index (κ3) is 4.48. The minimum atomic E-state index is -0.0141. The van der Waals surface area contributed by atoms with Gasteiger partial charge in [-0.2, -0.15) is 0 Å². The summed E-state index contributed by atoms with van der Waals surface area (Å²) in [6, 6.07) is 7.93. The lowest BCUT2D eigenvalue weighted by atomic mass is 10.2. The van der Waals surface area contributed by atoms with Crippen molar-refractivity contribution in [1.29, 1.82) is 0 Å². The molecule has 1 aromatic heterocycles. The van der Waals surface area contributed by atoms with Gasteiger partial charge in [0.2, 0.25) is 5.91 Å². The molecule has 1 aliphatic rings. The molecule has 0 unspecified atom stereocenters. The molecule has 1 saturated carbocycles. The summed E-state index contributed by atoms with van der Waals surface area (Å²) in [6.45, 7) is 0.443. The van der Waals surface area contributed by atoms with E-state index in [9.17, 15) is 4.79 Å². The number of hydrogen-bond donors (Lipinski definition) is 1. The highest BCUT2D eigenvalue weighted by Gasteiger charge is 2.21. The molecule has 1 fully saturated rings. The molecule has 0 aliphatic heterocycles. The topological polar surface area (TPSA) is 72.7 Å². The highest BCUT2D eigenvalue weighted by Crippen LogP contribution is 2.29. The van der Waals surface area contributed by atoms with Gasteiger partial charge in [0.05, 0.1) is 17.5 Å². The summed E-state index contributed by atoms with van der Waals surface area (Å²) in [5, 5.41) is 15.5. The molecule has 1 heterocycles. The van der Waals surface area contributed by atoms with Crippen LogP contribution in [0.1, 0.15) is 43.1 Å². The molecule has 1 N–H and O–H groups in total. The third-order valence-corrected chi connectivity index (χ3v) is 5.43. The molecule has 1 aliphatic carbocycles. The molecule has 3 rings (SSSR count). The first kappa shape index (κ1) is 17.2. The average molecular weight is 366 g/mol. The molecular weight excluding hydrogens is 346 g/mol. The van der Waals surface area contributed by atoms with Crippen LogP contribution in [0.25, 0.3) is 0 Å². The quantitative estimate of drug-likeness (QED) is 0.816. The molecule has 0 spiro atoms. The molecule has 24 heavy (non-hydrogen) atoms. The molecule has 2 aromatic rings. The average Bonchev–Trinajstić information content (AvgIpc) is 3.25. The molecule has 0 bridgehead atoms. The Morgan fingerprint density at radius 3 is 2.92 bits per heavy atom. The van der Waals surface area contributed by atoms with Crippen molar-refractivity contribution in [2.24, 2.45) is 0 Å². The van der Waals surface area contributed by atoms with Gasteiger partial charge in [-0.15, -0.1) is 16.9 Å². The van der Waals surface area contributed by atoms with Crippen molar-refractivity contribution in [3.05, 3.63) is 40.7 Å². The Morgan fingerprint density at radius 1 is 1.33 bits per heavy atom. The monoisotopic (exact) mass is 365 g/mol. The molecule has 0 atom stereocenters. The lowest BCUT2D eigenvalue weighted by Gasteiger charge is -2.11. The van der Waals surface area contributed by atoms with E-state index in [4.69, 9.17) is 11.6 Å². The van der Waals surface area contributed by atoms with Crippen molar-refractivity contribution in [3.8, 4) is 0 Å². The molecule has 1 aromatic carbocycles. The van der Waals surface area contributed by atoms with Gasteiger partial charge in [0.1, 0.15) is 0 Å². The number of amides is 1. The number of carbonyl (C=O) groups excluding carboxylic acids is 1. The standard InChI is InChI=1S/C16H20ClN5OS/c17-14-8-4-1-5-12(14)9-18-16(23)11-24-10-15-19-20-21-22(15)13-6-2-3-7-13/h1,4-5,8,13H,2-3,6-7,9-11H2,(H,18,23). The summed E-state index contributed by atoms with van der Waals surface area (Å²) in [7, 11) is 0. The molecule has 8 heteroatoms. The van der Waals surface area contributed by atoms with Gasteiger partial charge in [0.25, 0.3) is 0 Å². The van der Waals surface area contributed by atoms with E-state index in [0.717, 1.165) is 24.2 Å². The Bertz CT molecular complexity index is 687. The zero-order valence-corrected chi connectivity index (χ0v) is 14.9. The molecule has 6 nitrogen and oxygen atoms in total. The number of thioether (sulfide) groups is 1. The van der Waals surface area contributed by atoms with E-state index in [-0.39, 0.29) is 5.91 Å². The van der Waals surface area contributed by atoms with Crippen LogP contribution in [0.4, 0.5) is 0 Å². The van der Waals surface area contributed by atoms with Crippen LogP contribution < -0.4 is 5.32 Å². The zero-order chi connectivity index (χ0) is 16.8. The first-order chi connectivity index (χ1) is 11.7. The second-order valence-electron chi connectivity index (χ2n) is 5.84. The van der Waals surface area contributed by atoms with Crippen molar-refractivity contribution in [2.45, 2.75) is 44.0 Å². The number of nitrogens with one attached hydrogen (secondary N) is 1. The maximum atomic E-state index is 12.0. The lowest BCUT2D eigenvalue weighted by molar-refractivity contribution is -0.118. The molecule has 1 amide bonds. The highest BCUT2D eigenvalue weighted by atomic mass is 35.5. The summed E-state index contributed by atoms with van der Waals surface area (Å²) in [5.41, 5.74) is 0.919. The fourth-order valence-electron chi connectivity index (χ4n) is 2.86. The van der Waals surface area contributed by atoms with E-state index in [1.165, 1.54) is 24.6 Å². The van der Waals surface area contributed by atoms with Crippen molar-refractivity contribution in [3.63, 3.8) is 0 Å². The number of benzene rings is 1. The number of halogens is 1. The van der Waals surface area contributed by atoms with Crippen molar-refractivity contribution >= 4 is 29.3 Å². The predicted octanol–water partition coefficient (Wildman–Crippen LogP) is 2.99. The van der Waals surface area contributed by atoms with Gasteiger partial charge >= 0.3 is 0 Å². The van der Waals surface area contributed by atoms with Crippen LogP contribution in [0.15, 0.2) is 24.3 Å². The van der Waals surface area contributed by atoms with E-state index in [0.29, 0.717) is 29.1 Å². The Morgan fingerprint density at radius 2 is 2.12 bits per heavy atom. The SMILES string of the molecule is O=C(CSCc1nnnn1C1CCCC1)NCc1ccccc1Cl. The van der Waals surface area contributed by atoms with Crippen LogP contribution in [0, 0.1) is 0 Å². The van der Waals surface area contributed by atoms with Gasteiger partial charge in [-0.25, -0.2) is 4.68 Å². The van der Waals surface area contributed by atoms with E-state index in [1.807, 2.05) is 28.9 Å². The smallest absolute Gasteiger partial charge is 0.230 e. The van der Waals surface area contributed by atoms with Gasteiger partial charge in [0.15, 0.2) is 5.82 Å². The second-order valence-corrected chi connectivity index (χ2v) is 7.23. The first-order valence-corrected chi connectivity index (χ1v) is 9.62. The van der Waals surface area contributed by atoms with Crippen LogP contribution in [-0.2, 0) is 17.1 Å². The molecule has 0 radical (unpaired) electrons. The maximum Gasteiger partial charge on any atom is 0.230 e. The van der Waals surface area contributed by atoms with Crippen LogP contribution >= 0.6 is 23.4 Å². The first-order valence-electron chi connectivity index (χ1n) is 8.08. The van der Waals surface area contributed by atoms with E-state index >= 15 is 0 Å². The number of nitrogens with zero attached hydrogens (tertiary/aromatic N) is 4. The Labute approximate surface area is 150 Å². The largest absolute Gasteiger partial charge is 0.351 e. The van der Waals surface area contributed by atoms with Crippen LogP contribution in [0.2, 0.25) is 5.02 Å². The Kier molecular flexibility index (Phi) is 6.09. The minimum Gasteiger partial charge on any atom is -0.351 e. The predicted molar refractivity (Wildman–Crippen MR) is 94.8 cm³/mol. The number of hydrogen-bond acceptors (Lipinski definition) is 5. The van der Waals surface area contributed by atoms with Crippen molar-refractivity contribution in [2.75, 3.05) is 5.75 Å². The second kappa shape index (κ2) is 8.48. The normalized spacial score (nSPS) is 14.9. The third-order valence-electron chi connectivity index (χ3n) is 4.13. The fourth-order valence-corrected chi connectivity index (χ4v) is 3.83. The summed E-state index contributed by atoms with van der Waals surface area (Å²) in [6.07, 6.45) is 4.76. The van der Waals surface area contributed by atoms with E-state index < -0.39 is 0 Å². The Hall–Kier alpha value is -1.60. The van der Waals surface area contributed by atoms with E-state index in [1.54, 1.807) is 0 Å². The molecule has 128 valence electrons. The maximum absolute atomic E-state index is 12.0. The number of tetrazole rings is 1. The van der Waals surface area contributed by atoms with Gasteiger partial charge < -0.3 is 5.32 Å².